The summed E-state index contributed by atoms with van der Waals surface area (Å²) in [5, 5.41) is 3.71. The van der Waals surface area contributed by atoms with Gasteiger partial charge in [0, 0.05) is 31.0 Å². The third-order valence-corrected chi connectivity index (χ3v) is 6.53. The van der Waals surface area contributed by atoms with Crippen LogP contribution in [-0.4, -0.2) is 29.3 Å². The smallest absolute Gasteiger partial charge is 0.243 e. The van der Waals surface area contributed by atoms with Gasteiger partial charge in [-0.2, -0.15) is 0 Å². The number of nitrogens with zero attached hydrogens (tertiary/aromatic N) is 1. The second-order valence-electron chi connectivity index (χ2n) is 9.66. The molecule has 3 aromatic carbocycles. The van der Waals surface area contributed by atoms with Crippen LogP contribution in [0.1, 0.15) is 49.4 Å². The lowest BCUT2D eigenvalue weighted by Gasteiger charge is -2.32. The van der Waals surface area contributed by atoms with Crippen molar-refractivity contribution < 1.29 is 9.59 Å². The van der Waals surface area contributed by atoms with Gasteiger partial charge in [-0.1, -0.05) is 99.1 Å². The number of carbonyl (C=O) groups is 2. The maximum atomic E-state index is 13.7. The van der Waals surface area contributed by atoms with Crippen LogP contribution in [0.25, 0.3) is 0 Å². The molecule has 0 fully saturated rings. The number of hydrogen-bond donors (Lipinski definition) is 1. The van der Waals surface area contributed by atoms with Crippen molar-refractivity contribution in [2.24, 2.45) is 5.92 Å². The third kappa shape index (κ3) is 8.53. The minimum absolute atomic E-state index is 0.0369. The van der Waals surface area contributed by atoms with Crippen LogP contribution in [0.4, 0.5) is 0 Å². The number of halogens is 1. The Balaban J connectivity index is 1.87. The number of carbonyl (C=O) groups excluding carboxylic acids is 2. The highest BCUT2D eigenvalue weighted by Gasteiger charge is 2.30. The lowest BCUT2D eigenvalue weighted by Crippen LogP contribution is -2.51. The summed E-state index contributed by atoms with van der Waals surface area (Å²) in [4.78, 5) is 28.9. The summed E-state index contributed by atoms with van der Waals surface area (Å²) in [7, 11) is 0. The number of benzene rings is 3. The van der Waals surface area contributed by atoms with Crippen molar-refractivity contribution >= 4 is 23.4 Å². The van der Waals surface area contributed by atoms with Crippen LogP contribution >= 0.6 is 11.6 Å². The van der Waals surface area contributed by atoms with Crippen molar-refractivity contribution in [2.75, 3.05) is 6.54 Å². The van der Waals surface area contributed by atoms with Crippen molar-refractivity contribution in [3.8, 4) is 0 Å². The fourth-order valence-electron chi connectivity index (χ4n) is 4.10. The van der Waals surface area contributed by atoms with Crippen molar-refractivity contribution in [3.63, 3.8) is 0 Å². The molecular formula is C31H37ClN2O2. The van der Waals surface area contributed by atoms with Crippen molar-refractivity contribution in [1.82, 2.24) is 10.2 Å². The molecule has 0 saturated carbocycles. The molecular weight excluding hydrogens is 468 g/mol. The maximum absolute atomic E-state index is 13.7. The number of aryl methyl sites for hydroxylation is 2. The number of nitrogens with one attached hydrogen (secondary N) is 1. The van der Waals surface area contributed by atoms with Gasteiger partial charge in [0.25, 0.3) is 0 Å². The molecule has 3 rings (SSSR count). The minimum atomic E-state index is -0.614. The average molecular weight is 505 g/mol. The van der Waals surface area contributed by atoms with Gasteiger partial charge in [0.1, 0.15) is 6.04 Å². The lowest BCUT2D eigenvalue weighted by atomic mass is 10.0. The third-order valence-electron chi connectivity index (χ3n) is 6.28. The number of amides is 2. The summed E-state index contributed by atoms with van der Waals surface area (Å²) in [5.74, 6) is 0.158. The molecule has 2 amide bonds. The summed E-state index contributed by atoms with van der Waals surface area (Å²) in [6.07, 6.45) is 2.41. The second-order valence-corrected chi connectivity index (χ2v) is 10.1. The average Bonchev–Trinajstić information content (AvgIpc) is 2.89. The van der Waals surface area contributed by atoms with E-state index in [2.05, 4.69) is 50.4 Å². The Labute approximate surface area is 220 Å². The van der Waals surface area contributed by atoms with Crippen LogP contribution in [-0.2, 0) is 35.4 Å². The second kappa shape index (κ2) is 13.8. The van der Waals surface area contributed by atoms with Crippen LogP contribution in [0.5, 0.6) is 0 Å². The molecule has 3 aromatic rings. The van der Waals surface area contributed by atoms with E-state index in [1.165, 1.54) is 5.56 Å². The van der Waals surface area contributed by atoms with Gasteiger partial charge in [-0.05, 0) is 53.1 Å². The lowest BCUT2D eigenvalue weighted by molar-refractivity contribution is -0.141. The molecule has 0 saturated heterocycles. The molecule has 0 aromatic heterocycles. The zero-order chi connectivity index (χ0) is 25.9. The first kappa shape index (κ1) is 27.5. The van der Waals surface area contributed by atoms with E-state index >= 15 is 0 Å². The topological polar surface area (TPSA) is 49.4 Å². The Bertz CT molecular complexity index is 1100. The van der Waals surface area contributed by atoms with E-state index in [0.29, 0.717) is 43.3 Å². The fraction of sp³-hybridized carbons (Fsp3) is 0.355. The van der Waals surface area contributed by atoms with Crippen molar-refractivity contribution in [2.45, 2.75) is 59.0 Å². The van der Waals surface area contributed by atoms with Crippen LogP contribution in [0.3, 0.4) is 0 Å². The van der Waals surface area contributed by atoms with Gasteiger partial charge in [0.15, 0.2) is 0 Å². The Morgan fingerprint density at radius 1 is 0.833 bits per heavy atom. The normalized spacial score (nSPS) is 11.8. The van der Waals surface area contributed by atoms with E-state index in [1.54, 1.807) is 4.90 Å². The van der Waals surface area contributed by atoms with Gasteiger partial charge in [-0.15, -0.1) is 0 Å². The molecule has 0 aliphatic rings. The first-order valence-corrected chi connectivity index (χ1v) is 13.2. The van der Waals surface area contributed by atoms with Gasteiger partial charge in [-0.25, -0.2) is 0 Å². The van der Waals surface area contributed by atoms with Crippen LogP contribution in [0.15, 0.2) is 78.9 Å². The molecule has 0 heterocycles. The first-order chi connectivity index (χ1) is 17.4. The Kier molecular flexibility index (Phi) is 10.6. The molecule has 1 unspecified atom stereocenters. The summed E-state index contributed by atoms with van der Waals surface area (Å²) in [6.45, 7) is 7.17. The minimum Gasteiger partial charge on any atom is -0.354 e. The zero-order valence-corrected chi connectivity index (χ0v) is 22.3. The Morgan fingerprint density at radius 3 is 2.06 bits per heavy atom. The predicted molar refractivity (Wildman–Crippen MR) is 148 cm³/mol. The van der Waals surface area contributed by atoms with Crippen molar-refractivity contribution in [1.29, 1.82) is 0 Å². The molecule has 1 atom stereocenters. The van der Waals surface area contributed by atoms with E-state index < -0.39 is 6.04 Å². The number of rotatable bonds is 12. The van der Waals surface area contributed by atoms with Crippen LogP contribution in [0, 0.1) is 5.92 Å². The largest absolute Gasteiger partial charge is 0.354 e. The predicted octanol–water partition coefficient (Wildman–Crippen LogP) is 6.25. The molecule has 0 radical (unpaired) electrons. The summed E-state index contributed by atoms with van der Waals surface area (Å²) < 4.78 is 0. The van der Waals surface area contributed by atoms with E-state index in [9.17, 15) is 9.59 Å². The molecule has 0 bridgehead atoms. The monoisotopic (exact) mass is 504 g/mol. The number of hydrogen-bond acceptors (Lipinski definition) is 2. The van der Waals surface area contributed by atoms with E-state index in [0.717, 1.165) is 23.1 Å². The molecule has 5 heteroatoms. The van der Waals surface area contributed by atoms with E-state index in [1.807, 2.05) is 54.6 Å². The highest BCUT2D eigenvalue weighted by Crippen LogP contribution is 2.19. The quantitative estimate of drug-likeness (QED) is 0.317. The fourth-order valence-corrected chi connectivity index (χ4v) is 4.23. The molecule has 190 valence electrons. The maximum Gasteiger partial charge on any atom is 0.243 e. The summed E-state index contributed by atoms with van der Waals surface area (Å²) in [5.41, 5.74) is 4.36. The molecule has 1 N–H and O–H groups in total. The van der Waals surface area contributed by atoms with Crippen LogP contribution in [0.2, 0.25) is 5.02 Å². The molecule has 0 aliphatic carbocycles. The van der Waals surface area contributed by atoms with E-state index in [-0.39, 0.29) is 11.8 Å². The molecule has 0 spiro atoms. The van der Waals surface area contributed by atoms with Gasteiger partial charge >= 0.3 is 0 Å². The van der Waals surface area contributed by atoms with Gasteiger partial charge < -0.3 is 10.2 Å². The SMILES string of the molecule is CCc1ccc(CCC(=O)N(Cc2ccc(Cl)cc2)C(Cc2ccccc2)C(=O)NCC(C)C)cc1. The zero-order valence-electron chi connectivity index (χ0n) is 21.5. The van der Waals surface area contributed by atoms with Gasteiger partial charge in [-0.3, -0.25) is 9.59 Å². The summed E-state index contributed by atoms with van der Waals surface area (Å²) >= 11 is 6.10. The first-order valence-electron chi connectivity index (χ1n) is 12.8. The van der Waals surface area contributed by atoms with E-state index in [4.69, 9.17) is 11.6 Å². The van der Waals surface area contributed by atoms with Gasteiger partial charge in [0.2, 0.25) is 11.8 Å². The molecule has 36 heavy (non-hydrogen) atoms. The van der Waals surface area contributed by atoms with Crippen LogP contribution < -0.4 is 5.32 Å². The highest BCUT2D eigenvalue weighted by atomic mass is 35.5. The Hall–Kier alpha value is -3.11. The highest BCUT2D eigenvalue weighted by molar-refractivity contribution is 6.30. The standard InChI is InChI=1S/C31H37ClN2O2/c1-4-24-10-12-25(13-11-24)16-19-30(35)34(22-27-14-17-28(32)18-15-27)29(31(36)33-21-23(2)3)20-26-8-6-5-7-9-26/h5-15,17-18,23,29H,4,16,19-22H2,1-3H3,(H,33,36). The molecule has 4 nitrogen and oxygen atoms in total. The summed E-state index contributed by atoms with van der Waals surface area (Å²) in [6, 6.07) is 25.1. The molecule has 0 aliphatic heterocycles. The van der Waals surface area contributed by atoms with Crippen molar-refractivity contribution in [3.05, 3.63) is 106 Å². The Morgan fingerprint density at radius 2 is 1.44 bits per heavy atom. The van der Waals surface area contributed by atoms with Gasteiger partial charge in [0.05, 0.1) is 0 Å².